The van der Waals surface area contributed by atoms with Crippen molar-refractivity contribution in [1.82, 2.24) is 0 Å². The Morgan fingerprint density at radius 1 is 0.336 bits per heavy atom. The van der Waals surface area contributed by atoms with Crippen LogP contribution in [0.4, 0.5) is 0 Å². The number of hydrogen-bond donors (Lipinski definition) is 0. The molecule has 0 aromatic heterocycles. The Bertz CT molecular complexity index is 2600. The van der Waals surface area contributed by atoms with Crippen molar-refractivity contribution < 1.29 is 42.6 Å². The Labute approximate surface area is 697 Å². The lowest BCUT2D eigenvalue weighted by Gasteiger charge is -2.56. The zero-order valence-corrected chi connectivity index (χ0v) is 76.8. The predicted octanol–water partition coefficient (Wildman–Crippen LogP) is 26.4. The van der Waals surface area contributed by atoms with E-state index >= 15 is 0 Å². The fourth-order valence-electron chi connectivity index (χ4n) is 32.9. The summed E-state index contributed by atoms with van der Waals surface area (Å²) in [5.41, 5.74) is 1.94. The monoisotopic (exact) mass is 1580 g/mol. The topological polar surface area (TPSA) is 83.1 Å². The molecule has 25 fully saturated rings. The van der Waals surface area contributed by atoms with Gasteiger partial charge in [-0.25, -0.2) is 0 Å². The van der Waals surface area contributed by atoms with Crippen LogP contribution in [0.2, 0.25) is 0 Å². The van der Waals surface area contributed by atoms with Crippen LogP contribution in [-0.2, 0) is 42.6 Å². The van der Waals surface area contributed by atoms with Crippen molar-refractivity contribution in [2.75, 3.05) is 85.9 Å². The fourth-order valence-corrected chi connectivity index (χ4v) is 32.9. The van der Waals surface area contributed by atoms with Gasteiger partial charge in [0.1, 0.15) is 0 Å². The third-order valence-electron chi connectivity index (χ3n) is 37.3. The van der Waals surface area contributed by atoms with Crippen LogP contribution in [0, 0.1) is 176 Å². The van der Waals surface area contributed by atoms with E-state index in [4.69, 9.17) is 42.6 Å². The molecule has 9 nitrogen and oxygen atoms in total. The van der Waals surface area contributed by atoms with Gasteiger partial charge in [-0.2, -0.15) is 0 Å². The molecule has 113 heavy (non-hydrogen) atoms. The van der Waals surface area contributed by atoms with Crippen molar-refractivity contribution in [3.8, 4) is 0 Å². The molecule has 25 aliphatic rings. The van der Waals surface area contributed by atoms with Crippen molar-refractivity contribution in [1.29, 1.82) is 0 Å². The highest BCUT2D eigenvalue weighted by Gasteiger charge is 2.62. The molecular weight excluding hydrogens is 1390 g/mol. The van der Waals surface area contributed by atoms with Crippen molar-refractivity contribution in [3.05, 3.63) is 0 Å². The molecule has 24 bridgehead atoms. The van der Waals surface area contributed by atoms with Crippen LogP contribution in [-0.4, -0.2) is 116 Å². The van der Waals surface area contributed by atoms with E-state index < -0.39 is 0 Å². The molecule has 654 valence electrons. The highest BCUT2D eigenvalue weighted by atomic mass is 16.5. The molecule has 15 atom stereocenters. The number of ether oxygens (including phenoxy) is 9. The highest BCUT2D eigenvalue weighted by molar-refractivity contribution is 5.12. The third kappa shape index (κ3) is 22.8. The Kier molecular flexibility index (Phi) is 33.9. The Balaban J connectivity index is 0.000000111. The molecule has 25 rings (SSSR count). The molecular formula is C104H184O9. The minimum Gasteiger partial charge on any atom is -0.382 e. The van der Waals surface area contributed by atoms with Gasteiger partial charge in [0, 0.05) is 79.3 Å². The molecule has 0 aromatic rings. The first-order chi connectivity index (χ1) is 54.7. The van der Waals surface area contributed by atoms with Gasteiger partial charge < -0.3 is 42.6 Å². The smallest absolute Gasteiger partial charge is 0.0690 e. The van der Waals surface area contributed by atoms with Crippen LogP contribution in [0.3, 0.4) is 0 Å². The number of fused-ring (bicyclic) bond motifs is 8. The molecule has 0 N–H and O–H groups in total. The summed E-state index contributed by atoms with van der Waals surface area (Å²) in [5.74, 6) is 27.1. The first-order valence-corrected chi connectivity index (χ1v) is 51.1. The maximum absolute atomic E-state index is 6.04. The van der Waals surface area contributed by atoms with Crippen LogP contribution in [0.1, 0.15) is 367 Å². The van der Waals surface area contributed by atoms with E-state index in [0.717, 1.165) is 246 Å². The summed E-state index contributed by atoms with van der Waals surface area (Å²) in [4.78, 5) is 0. The fraction of sp³-hybridized carbons (Fsp3) is 1.00. The standard InChI is InChI=1S/2C13H22O.2C12H20O.C12H22O.C12H24O.C11H20O.C10H18O.C9H16O/c1-2-14-9-13-6-10-3-11(7-13)5-12(4-10)8-13;1-2-14-8-13-11-4-9-3-10(6-11)7-12(13)5-9;1-2-13-12-6-9-3-10(7-12)5-11(4-9)8-12;1-2-13-12-10-4-8-3-9(6-10)7-11(12)5-8;1-5-13-10-8-9-6-7-12(10,4)11(9,2)3;1-5-13-12-8-10(4)6-7-11(12)9(2)3;1-2-12-6-5-11-8-9-3-4-10(11)7-9;1-2-11-7-10-6-8-3-4-9(10)5-8;1-2-10-9-6-7-3-4-8(9)5-7/h10-12H,2-9H2,1H3;9-13H,2-8H2,1H3;9-11H,2-8H2,1H3;8-12H,2-7H2,1H3;9-10H,5-8H2,1-4H3;9-12H,5-8H2,1-4H3;9-11H,2-8H2,1H3;8-10H,2-7H2,1H3;7-9H,2-6H2,1H3. The van der Waals surface area contributed by atoms with Gasteiger partial charge in [-0.3, -0.25) is 0 Å². The summed E-state index contributed by atoms with van der Waals surface area (Å²) >= 11 is 0. The van der Waals surface area contributed by atoms with Gasteiger partial charge in [0.25, 0.3) is 0 Å². The van der Waals surface area contributed by atoms with E-state index in [0.29, 0.717) is 46.3 Å². The van der Waals surface area contributed by atoms with Gasteiger partial charge in [0.05, 0.1) is 36.6 Å². The van der Waals surface area contributed by atoms with Crippen LogP contribution >= 0.6 is 0 Å². The summed E-state index contributed by atoms with van der Waals surface area (Å²) < 4.78 is 51.6. The summed E-state index contributed by atoms with van der Waals surface area (Å²) in [7, 11) is 0. The molecule has 0 spiro atoms. The van der Waals surface area contributed by atoms with E-state index in [1.807, 2.05) is 0 Å². The van der Waals surface area contributed by atoms with Crippen molar-refractivity contribution in [3.63, 3.8) is 0 Å². The molecule has 25 aliphatic carbocycles. The minimum absolute atomic E-state index is 0.351. The lowest BCUT2D eigenvalue weighted by molar-refractivity contribution is -0.159. The molecule has 0 saturated heterocycles. The lowest BCUT2D eigenvalue weighted by atomic mass is 9.50. The van der Waals surface area contributed by atoms with Crippen LogP contribution in [0.15, 0.2) is 0 Å². The molecule has 0 heterocycles. The maximum atomic E-state index is 6.04. The van der Waals surface area contributed by atoms with E-state index in [-0.39, 0.29) is 0 Å². The number of hydrogen-bond acceptors (Lipinski definition) is 9. The quantitative estimate of drug-likeness (QED) is 0.0878. The summed E-state index contributed by atoms with van der Waals surface area (Å²) in [6.45, 7) is 45.6. The Morgan fingerprint density at radius 2 is 0.788 bits per heavy atom. The molecule has 9 heteroatoms. The number of rotatable bonds is 24. The normalized spacial score (nSPS) is 46.2. The maximum Gasteiger partial charge on any atom is 0.0690 e. The van der Waals surface area contributed by atoms with E-state index in [9.17, 15) is 0 Å². The SMILES string of the molecule is CCOC12CC3CC(CC(C3)C1)C2.CCOC1C2CC3CC(C2)CC1C3.CCOC1CC(C)CCC1C(C)C.CCOC1CC2CCC1(C)C2(C)C.CCOC1CC2CCC1C2.CCOCC12CC3CC(CC(C3)C1)C2.CCOCC1C2CC3CC(C2)CC1C3.CCOCC1CC2CCC1C2.CCOCCC1CC2CCC1C2. The van der Waals surface area contributed by atoms with Crippen molar-refractivity contribution in [2.24, 2.45) is 176 Å². The Morgan fingerprint density at radius 3 is 1.21 bits per heavy atom. The van der Waals surface area contributed by atoms with E-state index in [1.165, 1.54) is 231 Å². The lowest BCUT2D eigenvalue weighted by Crippen LogP contribution is -2.51. The Hall–Kier alpha value is -0.360. The zero-order chi connectivity index (χ0) is 79.4. The van der Waals surface area contributed by atoms with Gasteiger partial charge >= 0.3 is 0 Å². The van der Waals surface area contributed by atoms with Crippen LogP contribution in [0.25, 0.3) is 0 Å². The van der Waals surface area contributed by atoms with E-state index in [1.54, 1.807) is 32.1 Å². The third-order valence-corrected chi connectivity index (χ3v) is 37.3. The average Bonchev–Trinajstić information content (AvgIpc) is 1.56. The minimum atomic E-state index is 0.351. The molecule has 0 amide bonds. The van der Waals surface area contributed by atoms with Gasteiger partial charge in [-0.05, 0) is 482 Å². The zero-order valence-electron chi connectivity index (χ0n) is 76.8. The highest BCUT2D eigenvalue weighted by Crippen LogP contribution is 2.67. The van der Waals surface area contributed by atoms with Gasteiger partial charge in [-0.15, -0.1) is 0 Å². The molecule has 0 radical (unpaired) electrons. The van der Waals surface area contributed by atoms with Gasteiger partial charge in [0.15, 0.2) is 0 Å². The predicted molar refractivity (Wildman–Crippen MR) is 467 cm³/mol. The second-order valence-electron chi connectivity index (χ2n) is 45.3. The molecule has 0 aromatic carbocycles. The first kappa shape index (κ1) is 90.4. The molecule has 15 unspecified atom stereocenters. The average molecular weight is 1580 g/mol. The molecule has 0 aliphatic heterocycles. The van der Waals surface area contributed by atoms with Gasteiger partial charge in [0.2, 0.25) is 0 Å². The van der Waals surface area contributed by atoms with E-state index in [2.05, 4.69) is 104 Å². The van der Waals surface area contributed by atoms with Crippen LogP contribution < -0.4 is 0 Å². The largest absolute Gasteiger partial charge is 0.382 e. The van der Waals surface area contributed by atoms with Crippen molar-refractivity contribution in [2.45, 2.75) is 397 Å². The van der Waals surface area contributed by atoms with Gasteiger partial charge in [-0.1, -0.05) is 60.8 Å². The van der Waals surface area contributed by atoms with Crippen molar-refractivity contribution >= 4 is 0 Å². The van der Waals surface area contributed by atoms with Crippen LogP contribution in [0.5, 0.6) is 0 Å². The second kappa shape index (κ2) is 42.3. The second-order valence-corrected chi connectivity index (χ2v) is 45.3. The summed E-state index contributed by atoms with van der Waals surface area (Å²) in [6.07, 6.45) is 62.6. The summed E-state index contributed by atoms with van der Waals surface area (Å²) in [5, 5.41) is 0. The first-order valence-electron chi connectivity index (χ1n) is 51.1. The summed E-state index contributed by atoms with van der Waals surface area (Å²) in [6, 6.07) is 0. The molecule has 25 saturated carbocycles.